The summed E-state index contributed by atoms with van der Waals surface area (Å²) in [6.07, 6.45) is 1.10. The number of carboxylic acid groups (broad SMARTS) is 1. The summed E-state index contributed by atoms with van der Waals surface area (Å²) < 4.78 is 6.83. The summed E-state index contributed by atoms with van der Waals surface area (Å²) in [4.78, 5) is 16.4. The molecule has 0 saturated carbocycles. The minimum atomic E-state index is -0.996. The zero-order valence-corrected chi connectivity index (χ0v) is 17.7. The minimum absolute atomic E-state index is 0.196. The molecule has 5 heteroatoms. The van der Waals surface area contributed by atoms with Crippen LogP contribution in [-0.4, -0.2) is 16.1 Å². The molecule has 1 N–H and O–H groups in total. The van der Waals surface area contributed by atoms with Gasteiger partial charge in [-0.25, -0.2) is 9.78 Å². The number of fused-ring (bicyclic) bond motifs is 1. The number of furan rings is 1. The highest BCUT2D eigenvalue weighted by molar-refractivity contribution is 9.10. The maximum absolute atomic E-state index is 11.8. The monoisotopic (exact) mass is 449 g/mol. The number of benzene rings is 2. The van der Waals surface area contributed by atoms with Gasteiger partial charge in [0.15, 0.2) is 5.76 Å². The Morgan fingerprint density at radius 3 is 2.48 bits per heavy atom. The van der Waals surface area contributed by atoms with Gasteiger partial charge in [-0.3, -0.25) is 0 Å². The lowest BCUT2D eigenvalue weighted by Gasteiger charge is -2.09. The van der Waals surface area contributed by atoms with Crippen molar-refractivity contribution in [3.8, 4) is 22.8 Å². The molecule has 2 heterocycles. The molecule has 0 bridgehead atoms. The lowest BCUT2D eigenvalue weighted by Crippen LogP contribution is -2.00. The molecule has 0 amide bonds. The van der Waals surface area contributed by atoms with Gasteiger partial charge in [0.25, 0.3) is 0 Å². The average Bonchev–Trinajstić information content (AvgIpc) is 3.22. The molecule has 0 unspecified atom stereocenters. The molecule has 1 atom stereocenters. The van der Waals surface area contributed by atoms with Crippen molar-refractivity contribution in [3.05, 3.63) is 76.3 Å². The summed E-state index contributed by atoms with van der Waals surface area (Å²) >= 11 is 3.39. The summed E-state index contributed by atoms with van der Waals surface area (Å²) in [5, 5.41) is 10.2. The number of aromatic nitrogens is 1. The lowest BCUT2D eigenvalue weighted by atomic mass is 9.97. The third kappa shape index (κ3) is 3.83. The number of carbonyl (C=O) groups is 1. The quantitative estimate of drug-likeness (QED) is 0.351. The number of carboxylic acids is 1. The highest BCUT2D eigenvalue weighted by Crippen LogP contribution is 2.32. The Morgan fingerprint density at radius 1 is 1.07 bits per heavy atom. The third-order valence-corrected chi connectivity index (χ3v) is 5.73. The van der Waals surface area contributed by atoms with Crippen molar-refractivity contribution in [1.82, 2.24) is 4.98 Å². The Balaban J connectivity index is 1.73. The predicted molar refractivity (Wildman–Crippen MR) is 118 cm³/mol. The summed E-state index contributed by atoms with van der Waals surface area (Å²) in [6.45, 7) is 4.39. The van der Waals surface area contributed by atoms with Crippen molar-refractivity contribution in [2.24, 2.45) is 0 Å². The van der Waals surface area contributed by atoms with Gasteiger partial charge in [0.1, 0.15) is 11.5 Å². The van der Waals surface area contributed by atoms with Crippen LogP contribution in [0.25, 0.3) is 33.7 Å². The van der Waals surface area contributed by atoms with Gasteiger partial charge in [-0.15, -0.1) is 0 Å². The second-order valence-corrected chi connectivity index (χ2v) is 8.03. The normalized spacial score (nSPS) is 12.2. The summed E-state index contributed by atoms with van der Waals surface area (Å²) in [5.74, 6) is 0.792. The van der Waals surface area contributed by atoms with E-state index in [1.54, 1.807) is 18.2 Å². The molecule has 146 valence electrons. The standard InChI is InChI=1S/C24H20BrNO3/c1-3-14(2)15-4-6-16(7-5-15)22-10-11-23(29-22)21-13-19(24(27)28)18-12-17(25)8-9-20(18)26-21/h4-14H,3H2,1-2H3,(H,27,28)/t14-/m0/s1. The number of hydrogen-bond donors (Lipinski definition) is 1. The molecule has 4 rings (SSSR count). The van der Waals surface area contributed by atoms with Crippen LogP contribution in [0.2, 0.25) is 0 Å². The Bertz CT molecular complexity index is 1190. The SMILES string of the molecule is CC[C@H](C)c1ccc(-c2ccc(-c3cc(C(=O)O)c4cc(Br)ccc4n3)o2)cc1. The first-order chi connectivity index (χ1) is 14.0. The van der Waals surface area contributed by atoms with E-state index in [0.717, 1.165) is 22.2 Å². The predicted octanol–water partition coefficient (Wildman–Crippen LogP) is 7.14. The molecule has 2 aromatic heterocycles. The molecular formula is C24H20BrNO3. The Labute approximate surface area is 177 Å². The largest absolute Gasteiger partial charge is 0.478 e. The average molecular weight is 450 g/mol. The van der Waals surface area contributed by atoms with Gasteiger partial charge in [0.2, 0.25) is 0 Å². The number of aromatic carboxylic acids is 1. The van der Waals surface area contributed by atoms with Gasteiger partial charge in [-0.05, 0) is 54.3 Å². The second kappa shape index (κ2) is 7.84. The lowest BCUT2D eigenvalue weighted by molar-refractivity contribution is 0.0699. The zero-order chi connectivity index (χ0) is 20.5. The van der Waals surface area contributed by atoms with Gasteiger partial charge in [-0.2, -0.15) is 0 Å². The molecule has 29 heavy (non-hydrogen) atoms. The fraction of sp³-hybridized carbons (Fsp3) is 0.167. The van der Waals surface area contributed by atoms with E-state index in [2.05, 4.69) is 59.0 Å². The fourth-order valence-corrected chi connectivity index (χ4v) is 3.70. The van der Waals surface area contributed by atoms with Crippen LogP contribution in [0.1, 0.15) is 42.1 Å². The first-order valence-corrected chi connectivity index (χ1v) is 10.3. The number of hydrogen-bond acceptors (Lipinski definition) is 3. The highest BCUT2D eigenvalue weighted by Gasteiger charge is 2.16. The van der Waals surface area contributed by atoms with E-state index >= 15 is 0 Å². The number of halogens is 1. The smallest absolute Gasteiger partial charge is 0.336 e. The number of pyridine rings is 1. The van der Waals surface area contributed by atoms with Crippen molar-refractivity contribution >= 4 is 32.8 Å². The van der Waals surface area contributed by atoms with E-state index in [1.807, 2.05) is 18.2 Å². The van der Waals surface area contributed by atoms with Gasteiger partial charge in [-0.1, -0.05) is 54.0 Å². The van der Waals surface area contributed by atoms with Crippen molar-refractivity contribution < 1.29 is 14.3 Å². The maximum atomic E-state index is 11.8. The van der Waals surface area contributed by atoms with Crippen LogP contribution in [0.15, 0.2) is 69.6 Å². The maximum Gasteiger partial charge on any atom is 0.336 e. The van der Waals surface area contributed by atoms with Crippen molar-refractivity contribution in [1.29, 1.82) is 0 Å². The van der Waals surface area contributed by atoms with E-state index in [9.17, 15) is 9.90 Å². The zero-order valence-electron chi connectivity index (χ0n) is 16.1. The summed E-state index contributed by atoms with van der Waals surface area (Å²) in [7, 11) is 0. The van der Waals surface area contributed by atoms with Crippen LogP contribution in [0.3, 0.4) is 0 Å². The van der Waals surface area contributed by atoms with E-state index in [-0.39, 0.29) is 5.56 Å². The molecule has 0 radical (unpaired) electrons. The number of nitrogens with zero attached hydrogens (tertiary/aromatic N) is 1. The van der Waals surface area contributed by atoms with Gasteiger partial charge < -0.3 is 9.52 Å². The Morgan fingerprint density at radius 2 is 1.79 bits per heavy atom. The van der Waals surface area contributed by atoms with E-state index in [4.69, 9.17) is 4.42 Å². The third-order valence-electron chi connectivity index (χ3n) is 5.24. The van der Waals surface area contributed by atoms with Crippen LogP contribution in [-0.2, 0) is 0 Å². The topological polar surface area (TPSA) is 63.3 Å². The Kier molecular flexibility index (Phi) is 5.24. The Hall–Kier alpha value is -2.92. The molecule has 0 spiro atoms. The van der Waals surface area contributed by atoms with Crippen LogP contribution >= 0.6 is 15.9 Å². The van der Waals surface area contributed by atoms with Crippen molar-refractivity contribution in [3.63, 3.8) is 0 Å². The first kappa shape index (κ1) is 19.4. The number of rotatable bonds is 5. The molecule has 0 fully saturated rings. The van der Waals surface area contributed by atoms with Crippen LogP contribution in [0.4, 0.5) is 0 Å². The molecule has 4 aromatic rings. The van der Waals surface area contributed by atoms with E-state index < -0.39 is 5.97 Å². The van der Waals surface area contributed by atoms with Crippen LogP contribution in [0, 0.1) is 0 Å². The van der Waals surface area contributed by atoms with Crippen LogP contribution in [0.5, 0.6) is 0 Å². The van der Waals surface area contributed by atoms with Crippen molar-refractivity contribution in [2.75, 3.05) is 0 Å². The highest BCUT2D eigenvalue weighted by atomic mass is 79.9. The molecule has 0 aliphatic carbocycles. The molecule has 2 aromatic carbocycles. The molecule has 0 saturated heterocycles. The van der Waals surface area contributed by atoms with E-state index in [1.165, 1.54) is 5.56 Å². The van der Waals surface area contributed by atoms with Gasteiger partial charge in [0, 0.05) is 15.4 Å². The first-order valence-electron chi connectivity index (χ1n) is 9.50. The van der Waals surface area contributed by atoms with Crippen molar-refractivity contribution in [2.45, 2.75) is 26.2 Å². The molecule has 0 aliphatic heterocycles. The molecule has 0 aliphatic rings. The summed E-state index contributed by atoms with van der Waals surface area (Å²) in [5.41, 5.74) is 3.59. The van der Waals surface area contributed by atoms with Gasteiger partial charge >= 0.3 is 5.97 Å². The van der Waals surface area contributed by atoms with Gasteiger partial charge in [0.05, 0.1) is 11.1 Å². The van der Waals surface area contributed by atoms with E-state index in [0.29, 0.717) is 28.3 Å². The molecular weight excluding hydrogens is 430 g/mol. The van der Waals surface area contributed by atoms with Crippen LogP contribution < -0.4 is 0 Å². The second-order valence-electron chi connectivity index (χ2n) is 7.12. The minimum Gasteiger partial charge on any atom is -0.478 e. The molecule has 4 nitrogen and oxygen atoms in total. The summed E-state index contributed by atoms with van der Waals surface area (Å²) in [6, 6.07) is 19.0. The fourth-order valence-electron chi connectivity index (χ4n) is 3.34.